The number of likely N-dealkylation sites (tertiary alicyclic amines) is 1. The van der Waals surface area contributed by atoms with Crippen LogP contribution in [0.3, 0.4) is 0 Å². The lowest BCUT2D eigenvalue weighted by Gasteiger charge is -2.24. The Kier molecular flexibility index (Phi) is 4.79. The molecule has 1 aromatic heterocycles. The second-order valence-electron chi connectivity index (χ2n) is 4.91. The molecule has 2 amide bonds. The highest BCUT2D eigenvalue weighted by Gasteiger charge is 2.40. The van der Waals surface area contributed by atoms with Gasteiger partial charge in [0.2, 0.25) is 11.8 Å². The largest absolute Gasteiger partial charge is 0.300 e. The van der Waals surface area contributed by atoms with E-state index >= 15 is 0 Å². The summed E-state index contributed by atoms with van der Waals surface area (Å²) in [6.45, 7) is 4.45. The van der Waals surface area contributed by atoms with Gasteiger partial charge in [-0.15, -0.1) is 0 Å². The molecule has 1 saturated heterocycles. The van der Waals surface area contributed by atoms with Gasteiger partial charge in [-0.05, 0) is 18.9 Å². The second kappa shape index (κ2) is 6.56. The molecule has 0 spiro atoms. The van der Waals surface area contributed by atoms with Crippen molar-refractivity contribution in [3.63, 3.8) is 0 Å². The number of nitrogens with one attached hydrogen (secondary N) is 1. The van der Waals surface area contributed by atoms with Gasteiger partial charge in [0, 0.05) is 18.8 Å². The van der Waals surface area contributed by atoms with E-state index in [2.05, 4.69) is 15.3 Å². The van der Waals surface area contributed by atoms with Crippen molar-refractivity contribution in [3.05, 3.63) is 24.3 Å². The van der Waals surface area contributed by atoms with Crippen molar-refractivity contribution >= 4 is 11.8 Å². The molecule has 1 unspecified atom stereocenters. The number of aromatic nitrogens is 2. The van der Waals surface area contributed by atoms with E-state index < -0.39 is 6.04 Å². The number of carbonyl (C=O) groups excluding carboxylic acids is 2. The third-order valence-corrected chi connectivity index (χ3v) is 3.66. The van der Waals surface area contributed by atoms with Gasteiger partial charge in [0.1, 0.15) is 6.33 Å². The molecule has 1 aromatic rings. The van der Waals surface area contributed by atoms with Gasteiger partial charge in [-0.2, -0.15) is 0 Å². The minimum Gasteiger partial charge on any atom is -0.300 e. The zero-order chi connectivity index (χ0) is 14.5. The van der Waals surface area contributed by atoms with Gasteiger partial charge in [0.15, 0.2) is 0 Å². The van der Waals surface area contributed by atoms with E-state index in [0.29, 0.717) is 6.54 Å². The fraction of sp³-hybridized carbons (Fsp3) is 0.571. The molecule has 0 aromatic carbocycles. The van der Waals surface area contributed by atoms with Crippen LogP contribution in [-0.2, 0) is 16.1 Å². The van der Waals surface area contributed by atoms with Crippen molar-refractivity contribution < 1.29 is 9.59 Å². The van der Waals surface area contributed by atoms with E-state index in [1.165, 1.54) is 11.2 Å². The van der Waals surface area contributed by atoms with Crippen molar-refractivity contribution in [2.24, 2.45) is 0 Å². The molecule has 1 aliphatic rings. The second-order valence-corrected chi connectivity index (χ2v) is 4.91. The first-order valence-electron chi connectivity index (χ1n) is 7.01. The first kappa shape index (κ1) is 14.6. The Morgan fingerprint density at radius 2 is 2.15 bits per heavy atom. The molecule has 0 radical (unpaired) electrons. The molecular formula is C14H20N4O2. The van der Waals surface area contributed by atoms with Gasteiger partial charge in [0.25, 0.3) is 0 Å². The molecule has 1 atom stereocenters. The molecule has 1 fully saturated rings. The van der Waals surface area contributed by atoms with Gasteiger partial charge in [0.05, 0.1) is 18.2 Å². The predicted octanol–water partition coefficient (Wildman–Crippen LogP) is 0.882. The summed E-state index contributed by atoms with van der Waals surface area (Å²) >= 11 is 0. The molecule has 0 bridgehead atoms. The van der Waals surface area contributed by atoms with Crippen LogP contribution >= 0.6 is 0 Å². The van der Waals surface area contributed by atoms with Crippen LogP contribution in [0.15, 0.2) is 18.6 Å². The van der Waals surface area contributed by atoms with Gasteiger partial charge in [-0.25, -0.2) is 9.97 Å². The quantitative estimate of drug-likeness (QED) is 0.781. The minimum absolute atomic E-state index is 0.0147. The average Bonchev–Trinajstić information content (AvgIpc) is 2.75. The maximum Gasteiger partial charge on any atom is 0.247 e. The smallest absolute Gasteiger partial charge is 0.247 e. The van der Waals surface area contributed by atoms with Gasteiger partial charge in [-0.3, -0.25) is 19.8 Å². The van der Waals surface area contributed by atoms with Crippen LogP contribution in [0.1, 0.15) is 38.8 Å². The highest BCUT2D eigenvalue weighted by Crippen LogP contribution is 2.20. The van der Waals surface area contributed by atoms with E-state index in [-0.39, 0.29) is 24.3 Å². The summed E-state index contributed by atoms with van der Waals surface area (Å²) in [5, 5.41) is 3.11. The minimum atomic E-state index is -0.432. The summed E-state index contributed by atoms with van der Waals surface area (Å²) in [5.41, 5.74) is 0.807. The number of hydrogen-bond donors (Lipinski definition) is 1. The SMILES string of the molecule is CCC(CC)N1C(=O)CC(NCc2ccncn2)C1=O. The normalized spacial score (nSPS) is 19.1. The lowest BCUT2D eigenvalue weighted by molar-refractivity contribution is -0.141. The number of hydrogen-bond acceptors (Lipinski definition) is 5. The Hall–Kier alpha value is -1.82. The number of rotatable bonds is 6. The van der Waals surface area contributed by atoms with Gasteiger partial charge < -0.3 is 0 Å². The summed E-state index contributed by atoms with van der Waals surface area (Å²) in [6.07, 6.45) is 4.96. The van der Waals surface area contributed by atoms with Gasteiger partial charge in [-0.1, -0.05) is 13.8 Å². The lowest BCUT2D eigenvalue weighted by Crippen LogP contribution is -2.43. The van der Waals surface area contributed by atoms with Crippen LogP contribution in [0.25, 0.3) is 0 Å². The summed E-state index contributed by atoms with van der Waals surface area (Å²) in [6, 6.07) is 1.37. The molecule has 20 heavy (non-hydrogen) atoms. The fourth-order valence-corrected chi connectivity index (χ4v) is 2.50. The molecule has 1 aliphatic heterocycles. The number of nitrogens with zero attached hydrogens (tertiary/aromatic N) is 3. The number of amides is 2. The van der Waals surface area contributed by atoms with Crippen molar-refractivity contribution in [1.82, 2.24) is 20.2 Å². The number of imide groups is 1. The summed E-state index contributed by atoms with van der Waals surface area (Å²) in [4.78, 5) is 33.7. The van der Waals surface area contributed by atoms with Crippen LogP contribution in [-0.4, -0.2) is 38.8 Å². The molecule has 0 aliphatic carbocycles. The van der Waals surface area contributed by atoms with Crippen molar-refractivity contribution in [1.29, 1.82) is 0 Å². The van der Waals surface area contributed by atoms with Gasteiger partial charge >= 0.3 is 0 Å². The Morgan fingerprint density at radius 1 is 1.40 bits per heavy atom. The first-order chi connectivity index (χ1) is 9.67. The van der Waals surface area contributed by atoms with E-state index in [1.807, 2.05) is 13.8 Å². The molecule has 1 N–H and O–H groups in total. The fourth-order valence-electron chi connectivity index (χ4n) is 2.50. The zero-order valence-electron chi connectivity index (χ0n) is 11.9. The number of carbonyl (C=O) groups is 2. The molecule has 2 rings (SSSR count). The van der Waals surface area contributed by atoms with Crippen LogP contribution in [0, 0.1) is 0 Å². The van der Waals surface area contributed by atoms with E-state index in [0.717, 1.165) is 18.5 Å². The van der Waals surface area contributed by atoms with Crippen LogP contribution in [0.2, 0.25) is 0 Å². The maximum absolute atomic E-state index is 12.3. The molecule has 2 heterocycles. The first-order valence-corrected chi connectivity index (χ1v) is 7.01. The van der Waals surface area contributed by atoms with E-state index in [4.69, 9.17) is 0 Å². The summed E-state index contributed by atoms with van der Waals surface area (Å²) in [7, 11) is 0. The lowest BCUT2D eigenvalue weighted by atomic mass is 10.1. The maximum atomic E-state index is 12.3. The molecular weight excluding hydrogens is 256 g/mol. The third kappa shape index (κ3) is 3.01. The monoisotopic (exact) mass is 276 g/mol. The third-order valence-electron chi connectivity index (χ3n) is 3.66. The summed E-state index contributed by atoms with van der Waals surface area (Å²) in [5.74, 6) is -0.193. The average molecular weight is 276 g/mol. The summed E-state index contributed by atoms with van der Waals surface area (Å²) < 4.78 is 0. The van der Waals surface area contributed by atoms with Crippen LogP contribution in [0.5, 0.6) is 0 Å². The van der Waals surface area contributed by atoms with Crippen molar-refractivity contribution in [2.45, 2.75) is 51.7 Å². The Balaban J connectivity index is 1.98. The molecule has 6 nitrogen and oxygen atoms in total. The standard InChI is InChI=1S/C14H20N4O2/c1-3-11(4-2)18-13(19)7-12(14(18)20)16-8-10-5-6-15-9-17-10/h5-6,9,11-12,16H,3-4,7-8H2,1-2H3. The Labute approximate surface area is 118 Å². The van der Waals surface area contributed by atoms with Crippen molar-refractivity contribution in [3.8, 4) is 0 Å². The topological polar surface area (TPSA) is 75.2 Å². The highest BCUT2D eigenvalue weighted by atomic mass is 16.2. The Bertz CT molecular complexity index is 473. The Morgan fingerprint density at radius 3 is 2.75 bits per heavy atom. The molecule has 108 valence electrons. The molecule has 6 heteroatoms. The van der Waals surface area contributed by atoms with Crippen molar-refractivity contribution in [2.75, 3.05) is 0 Å². The predicted molar refractivity (Wildman–Crippen MR) is 73.5 cm³/mol. The molecule has 0 saturated carbocycles. The zero-order valence-corrected chi connectivity index (χ0v) is 11.9. The van der Waals surface area contributed by atoms with E-state index in [1.54, 1.807) is 12.3 Å². The highest BCUT2D eigenvalue weighted by molar-refractivity contribution is 6.05. The van der Waals surface area contributed by atoms with Crippen LogP contribution < -0.4 is 5.32 Å². The van der Waals surface area contributed by atoms with Crippen LogP contribution in [0.4, 0.5) is 0 Å². The van der Waals surface area contributed by atoms with E-state index in [9.17, 15) is 9.59 Å².